The first-order valence-corrected chi connectivity index (χ1v) is 6.50. The summed E-state index contributed by atoms with van der Waals surface area (Å²) in [6.07, 6.45) is -0.539. The van der Waals surface area contributed by atoms with E-state index in [1.165, 1.54) is 6.07 Å². The van der Waals surface area contributed by atoms with Crippen LogP contribution in [0.2, 0.25) is 5.02 Å². The van der Waals surface area contributed by atoms with E-state index in [1.807, 2.05) is 4.72 Å². The molecule has 0 spiro atoms. The summed E-state index contributed by atoms with van der Waals surface area (Å²) in [6.45, 7) is 0. The minimum absolute atomic E-state index is 0.0327. The van der Waals surface area contributed by atoms with Crippen molar-refractivity contribution < 1.29 is 22.7 Å². The lowest BCUT2D eigenvalue weighted by molar-refractivity contribution is -0.136. The molecule has 0 saturated carbocycles. The van der Waals surface area contributed by atoms with E-state index in [9.17, 15) is 17.6 Å². The number of sulfonamides is 1. The molecule has 0 aliphatic carbocycles. The molecule has 5 nitrogen and oxygen atoms in total. The molecule has 0 bridgehead atoms. The third-order valence-corrected chi connectivity index (χ3v) is 3.38. The van der Waals surface area contributed by atoms with E-state index in [0.717, 1.165) is 12.1 Å². The second kappa shape index (κ2) is 5.33. The van der Waals surface area contributed by atoms with Crippen LogP contribution in [0.3, 0.4) is 0 Å². The second-order valence-corrected chi connectivity index (χ2v) is 5.44. The molecule has 17 heavy (non-hydrogen) atoms. The molecule has 1 rings (SSSR count). The van der Waals surface area contributed by atoms with E-state index in [-0.39, 0.29) is 10.7 Å². The average molecular weight is 282 g/mol. The summed E-state index contributed by atoms with van der Waals surface area (Å²) in [5.74, 6) is -2.49. The molecule has 0 aliphatic rings. The zero-order valence-electron chi connectivity index (χ0n) is 8.48. The van der Waals surface area contributed by atoms with Crippen molar-refractivity contribution in [3.63, 3.8) is 0 Å². The Bertz CT molecular complexity index is 532. The van der Waals surface area contributed by atoms with Crippen LogP contribution in [-0.4, -0.2) is 25.2 Å². The van der Waals surface area contributed by atoms with Crippen LogP contribution < -0.4 is 4.72 Å². The summed E-state index contributed by atoms with van der Waals surface area (Å²) in [4.78, 5) is 10.2. The van der Waals surface area contributed by atoms with Crippen molar-refractivity contribution >= 4 is 33.3 Å². The third kappa shape index (κ3) is 4.58. The molecule has 94 valence electrons. The van der Waals surface area contributed by atoms with Crippen LogP contribution in [0.4, 0.5) is 10.1 Å². The van der Waals surface area contributed by atoms with Crippen molar-refractivity contribution in [1.82, 2.24) is 0 Å². The van der Waals surface area contributed by atoms with Crippen molar-refractivity contribution in [2.45, 2.75) is 6.42 Å². The van der Waals surface area contributed by atoms with Crippen molar-refractivity contribution in [2.24, 2.45) is 0 Å². The maximum atomic E-state index is 12.8. The molecule has 2 N–H and O–H groups in total. The van der Waals surface area contributed by atoms with Gasteiger partial charge in [-0.05, 0) is 18.2 Å². The smallest absolute Gasteiger partial charge is 0.304 e. The van der Waals surface area contributed by atoms with Crippen molar-refractivity contribution in [3.05, 3.63) is 29.0 Å². The lowest BCUT2D eigenvalue weighted by Gasteiger charge is -2.08. The second-order valence-electron chi connectivity index (χ2n) is 3.19. The normalized spacial score (nSPS) is 11.2. The fourth-order valence-corrected chi connectivity index (χ4v) is 2.29. The number of nitrogens with one attached hydrogen (secondary N) is 1. The van der Waals surface area contributed by atoms with Gasteiger partial charge in [0.15, 0.2) is 0 Å². The Balaban J connectivity index is 2.83. The van der Waals surface area contributed by atoms with Gasteiger partial charge in [0.1, 0.15) is 5.82 Å². The number of hydrogen-bond acceptors (Lipinski definition) is 3. The Morgan fingerprint density at radius 2 is 2.12 bits per heavy atom. The third-order valence-electron chi connectivity index (χ3n) is 1.78. The number of carbonyl (C=O) groups is 1. The molecule has 8 heteroatoms. The van der Waals surface area contributed by atoms with Gasteiger partial charge in [-0.25, -0.2) is 12.8 Å². The molecule has 0 atom stereocenters. The predicted octanol–water partition coefficient (Wildman–Crippen LogP) is 1.70. The molecule has 0 aromatic heterocycles. The van der Waals surface area contributed by atoms with Crippen LogP contribution in [0.5, 0.6) is 0 Å². The molecule has 0 radical (unpaired) electrons. The molecule has 0 heterocycles. The number of rotatable bonds is 5. The Hall–Kier alpha value is -1.34. The molecule has 0 aliphatic heterocycles. The quantitative estimate of drug-likeness (QED) is 0.860. The minimum atomic E-state index is -3.85. The fourth-order valence-electron chi connectivity index (χ4n) is 1.02. The number of anilines is 1. The van der Waals surface area contributed by atoms with Crippen molar-refractivity contribution in [1.29, 1.82) is 0 Å². The molecular formula is C9H9ClFNO4S. The van der Waals surface area contributed by atoms with Gasteiger partial charge in [0.05, 0.1) is 22.9 Å². The van der Waals surface area contributed by atoms with E-state index >= 15 is 0 Å². The minimum Gasteiger partial charge on any atom is -0.481 e. The SMILES string of the molecule is O=C(O)CCS(=O)(=O)Nc1cc(F)ccc1Cl. The highest BCUT2D eigenvalue weighted by molar-refractivity contribution is 7.92. The first-order chi connectivity index (χ1) is 7.80. The van der Waals surface area contributed by atoms with Crippen LogP contribution in [0, 0.1) is 5.82 Å². The lowest BCUT2D eigenvalue weighted by atomic mass is 10.3. The van der Waals surface area contributed by atoms with Crippen LogP contribution in [0.25, 0.3) is 0 Å². The number of aliphatic carboxylic acids is 1. The molecule has 0 fully saturated rings. The van der Waals surface area contributed by atoms with Crippen molar-refractivity contribution in [2.75, 3.05) is 10.5 Å². The molecule has 0 amide bonds. The molecular weight excluding hydrogens is 273 g/mol. The van der Waals surface area contributed by atoms with Crippen LogP contribution in [-0.2, 0) is 14.8 Å². The average Bonchev–Trinajstić information content (AvgIpc) is 2.20. The summed E-state index contributed by atoms with van der Waals surface area (Å²) >= 11 is 5.66. The van der Waals surface area contributed by atoms with Gasteiger partial charge in [-0.3, -0.25) is 9.52 Å². The lowest BCUT2D eigenvalue weighted by Crippen LogP contribution is -2.19. The zero-order chi connectivity index (χ0) is 13.1. The summed E-state index contributed by atoms with van der Waals surface area (Å²) in [5, 5.41) is 8.40. The van der Waals surface area contributed by atoms with E-state index in [1.54, 1.807) is 0 Å². The number of hydrogen-bond donors (Lipinski definition) is 2. The van der Waals surface area contributed by atoms with E-state index in [2.05, 4.69) is 0 Å². The summed E-state index contributed by atoms with van der Waals surface area (Å²) in [7, 11) is -3.85. The van der Waals surface area contributed by atoms with Gasteiger partial charge in [-0.15, -0.1) is 0 Å². The van der Waals surface area contributed by atoms with Crippen molar-refractivity contribution in [3.8, 4) is 0 Å². The highest BCUT2D eigenvalue weighted by Crippen LogP contribution is 2.23. The number of carboxylic acids is 1. The van der Waals surface area contributed by atoms with Crippen LogP contribution in [0.15, 0.2) is 18.2 Å². The van der Waals surface area contributed by atoms with Gasteiger partial charge in [0.25, 0.3) is 0 Å². The topological polar surface area (TPSA) is 83.5 Å². The Morgan fingerprint density at radius 1 is 1.47 bits per heavy atom. The van der Waals surface area contributed by atoms with Gasteiger partial charge in [-0.2, -0.15) is 0 Å². The fraction of sp³-hybridized carbons (Fsp3) is 0.222. The Morgan fingerprint density at radius 3 is 2.71 bits per heavy atom. The van der Waals surface area contributed by atoms with Crippen LogP contribution in [0.1, 0.15) is 6.42 Å². The van der Waals surface area contributed by atoms with E-state index < -0.39 is 34.0 Å². The Labute approximate surface area is 102 Å². The highest BCUT2D eigenvalue weighted by atomic mass is 35.5. The standard InChI is InChI=1S/C9H9ClFNO4S/c10-7-2-1-6(11)5-8(7)12-17(15,16)4-3-9(13)14/h1-2,5,12H,3-4H2,(H,13,14). The highest BCUT2D eigenvalue weighted by Gasteiger charge is 2.14. The van der Waals surface area contributed by atoms with Gasteiger partial charge in [0.2, 0.25) is 10.0 Å². The summed E-state index contributed by atoms with van der Waals surface area (Å²) < 4.78 is 37.7. The van der Waals surface area contributed by atoms with E-state index in [0.29, 0.717) is 0 Å². The number of halogens is 2. The zero-order valence-corrected chi connectivity index (χ0v) is 10.1. The first-order valence-electron chi connectivity index (χ1n) is 4.47. The summed E-state index contributed by atoms with van der Waals surface area (Å²) in [5.41, 5.74) is -0.114. The van der Waals surface area contributed by atoms with Crippen LogP contribution >= 0.6 is 11.6 Å². The molecule has 1 aromatic carbocycles. The van der Waals surface area contributed by atoms with E-state index in [4.69, 9.17) is 16.7 Å². The monoisotopic (exact) mass is 281 g/mol. The van der Waals surface area contributed by atoms with Gasteiger partial charge in [0, 0.05) is 0 Å². The molecule has 1 aromatic rings. The largest absolute Gasteiger partial charge is 0.481 e. The summed E-state index contributed by atoms with van der Waals surface area (Å²) in [6, 6.07) is 3.20. The molecule has 0 unspecified atom stereocenters. The Kier molecular flexibility index (Phi) is 4.30. The van der Waals surface area contributed by atoms with Gasteiger partial charge in [-0.1, -0.05) is 11.6 Å². The number of carboxylic acid groups (broad SMARTS) is 1. The van der Waals surface area contributed by atoms with Gasteiger partial charge >= 0.3 is 5.97 Å². The predicted molar refractivity (Wildman–Crippen MR) is 61.1 cm³/mol. The number of benzene rings is 1. The first kappa shape index (κ1) is 13.7. The maximum Gasteiger partial charge on any atom is 0.304 e. The maximum absolute atomic E-state index is 12.8. The van der Waals surface area contributed by atoms with Gasteiger partial charge < -0.3 is 5.11 Å². The molecule has 0 saturated heterocycles.